The van der Waals surface area contributed by atoms with E-state index < -0.39 is 10.0 Å². The highest BCUT2D eigenvalue weighted by Crippen LogP contribution is 2.23. The third-order valence-corrected chi connectivity index (χ3v) is 5.51. The van der Waals surface area contributed by atoms with Crippen molar-refractivity contribution in [1.82, 2.24) is 4.83 Å². The molecule has 2 rings (SSSR count). The highest BCUT2D eigenvalue weighted by atomic mass is 35.5. The largest absolute Gasteiger partial charge is 0.507 e. The van der Waals surface area contributed by atoms with Crippen LogP contribution in [-0.2, 0) is 10.0 Å². The molecule has 0 radical (unpaired) electrons. The van der Waals surface area contributed by atoms with Crippen molar-refractivity contribution in [2.45, 2.75) is 38.0 Å². The number of hydrogen-bond acceptors (Lipinski definition) is 4. The number of phenolic OH excluding ortho intramolecular Hbond substituents is 1. The van der Waals surface area contributed by atoms with E-state index in [0.29, 0.717) is 22.2 Å². The maximum atomic E-state index is 12.4. The Morgan fingerprint density at radius 2 is 1.88 bits per heavy atom. The van der Waals surface area contributed by atoms with E-state index in [4.69, 9.17) is 11.6 Å². The molecule has 7 heteroatoms. The molecular formula is C18H21ClN2O3S. The lowest BCUT2D eigenvalue weighted by Gasteiger charge is -2.10. The number of sulfonamides is 1. The van der Waals surface area contributed by atoms with Gasteiger partial charge >= 0.3 is 0 Å². The maximum absolute atomic E-state index is 12.4. The molecule has 0 aliphatic carbocycles. The Kier molecular flexibility index (Phi) is 6.08. The number of hydrogen-bond donors (Lipinski definition) is 2. The number of benzene rings is 2. The molecule has 0 amide bonds. The summed E-state index contributed by atoms with van der Waals surface area (Å²) in [5.74, 6) is 0.346. The Bertz CT molecular complexity index is 878. The standard InChI is InChI=1S/C18H21ClN2O3S/c1-4-12(2)14-5-8-16(9-6-14)25(23,24)21-20-13(3)17-11-15(19)7-10-18(17)22/h5-12,21-22H,4H2,1-3H3/b20-13+. The number of nitrogens with one attached hydrogen (secondary N) is 1. The monoisotopic (exact) mass is 380 g/mol. The van der Waals surface area contributed by atoms with Crippen molar-refractivity contribution in [3.05, 3.63) is 58.6 Å². The van der Waals surface area contributed by atoms with Crippen molar-refractivity contribution in [3.63, 3.8) is 0 Å². The van der Waals surface area contributed by atoms with E-state index in [2.05, 4.69) is 23.8 Å². The normalized spacial score (nSPS) is 13.5. The average molecular weight is 381 g/mol. The van der Waals surface area contributed by atoms with Crippen molar-refractivity contribution < 1.29 is 13.5 Å². The Hall–Kier alpha value is -2.05. The Morgan fingerprint density at radius 3 is 2.48 bits per heavy atom. The molecule has 2 N–H and O–H groups in total. The molecule has 5 nitrogen and oxygen atoms in total. The molecule has 1 atom stereocenters. The van der Waals surface area contributed by atoms with Gasteiger partial charge in [-0.15, -0.1) is 0 Å². The van der Waals surface area contributed by atoms with E-state index in [-0.39, 0.29) is 10.6 Å². The van der Waals surface area contributed by atoms with Crippen molar-refractivity contribution in [2.24, 2.45) is 5.10 Å². The van der Waals surface area contributed by atoms with Gasteiger partial charge in [-0.1, -0.05) is 37.6 Å². The van der Waals surface area contributed by atoms with Crippen LogP contribution in [0.2, 0.25) is 5.02 Å². The topological polar surface area (TPSA) is 78.8 Å². The minimum atomic E-state index is -3.79. The van der Waals surface area contributed by atoms with E-state index in [9.17, 15) is 13.5 Å². The molecule has 0 aliphatic rings. The summed E-state index contributed by atoms with van der Waals surface area (Å²) in [7, 11) is -3.79. The van der Waals surface area contributed by atoms with Gasteiger partial charge in [-0.3, -0.25) is 0 Å². The van der Waals surface area contributed by atoms with E-state index in [1.165, 1.54) is 18.2 Å². The quantitative estimate of drug-likeness (QED) is 0.580. The summed E-state index contributed by atoms with van der Waals surface area (Å²) in [4.78, 5) is 2.32. The number of hydrazone groups is 1. The molecule has 0 saturated heterocycles. The van der Waals surface area contributed by atoms with Crippen molar-refractivity contribution in [2.75, 3.05) is 0 Å². The van der Waals surface area contributed by atoms with E-state index in [1.807, 2.05) is 12.1 Å². The molecule has 0 bridgehead atoms. The summed E-state index contributed by atoms with van der Waals surface area (Å²) >= 11 is 5.89. The van der Waals surface area contributed by atoms with Crippen LogP contribution in [0.15, 0.2) is 52.5 Å². The molecule has 2 aromatic rings. The van der Waals surface area contributed by atoms with Crippen LogP contribution >= 0.6 is 11.6 Å². The molecule has 25 heavy (non-hydrogen) atoms. The first-order chi connectivity index (χ1) is 11.7. The van der Waals surface area contributed by atoms with Crippen LogP contribution in [0.4, 0.5) is 0 Å². The first-order valence-corrected chi connectivity index (χ1v) is 9.75. The van der Waals surface area contributed by atoms with Gasteiger partial charge in [-0.25, -0.2) is 0 Å². The lowest BCUT2D eigenvalue weighted by atomic mass is 9.99. The molecule has 0 saturated carbocycles. The van der Waals surface area contributed by atoms with Crippen LogP contribution < -0.4 is 4.83 Å². The number of nitrogens with zero attached hydrogens (tertiary/aromatic N) is 1. The zero-order chi connectivity index (χ0) is 18.6. The second-order valence-electron chi connectivity index (χ2n) is 5.83. The fourth-order valence-electron chi connectivity index (χ4n) is 2.25. The van der Waals surface area contributed by atoms with Crippen LogP contribution in [0.1, 0.15) is 44.2 Å². The fourth-order valence-corrected chi connectivity index (χ4v) is 3.28. The SMILES string of the molecule is CCC(C)c1ccc(S(=O)(=O)N/N=C(\C)c2cc(Cl)ccc2O)cc1. The van der Waals surface area contributed by atoms with Crippen LogP contribution in [0.5, 0.6) is 5.75 Å². The predicted octanol–water partition coefficient (Wildman–Crippen LogP) is 4.26. The number of halogens is 1. The van der Waals surface area contributed by atoms with E-state index >= 15 is 0 Å². The second-order valence-corrected chi connectivity index (χ2v) is 7.93. The highest BCUT2D eigenvalue weighted by molar-refractivity contribution is 7.89. The number of phenols is 1. The molecule has 2 aromatic carbocycles. The molecular weight excluding hydrogens is 360 g/mol. The molecule has 0 aromatic heterocycles. The molecule has 0 fully saturated rings. The number of aromatic hydroxyl groups is 1. The molecule has 0 spiro atoms. The van der Waals surface area contributed by atoms with Gasteiger partial charge in [-0.05, 0) is 55.2 Å². The predicted molar refractivity (Wildman–Crippen MR) is 101 cm³/mol. The third-order valence-electron chi connectivity index (χ3n) is 4.05. The van der Waals surface area contributed by atoms with Gasteiger partial charge in [0.1, 0.15) is 5.75 Å². The second kappa shape index (κ2) is 7.89. The highest BCUT2D eigenvalue weighted by Gasteiger charge is 2.14. The maximum Gasteiger partial charge on any atom is 0.276 e. The summed E-state index contributed by atoms with van der Waals surface area (Å²) in [6, 6.07) is 11.2. The van der Waals surface area contributed by atoms with Crippen LogP contribution in [0.25, 0.3) is 0 Å². The summed E-state index contributed by atoms with van der Waals surface area (Å²) < 4.78 is 24.7. The van der Waals surface area contributed by atoms with Gasteiger partial charge < -0.3 is 5.11 Å². The first kappa shape index (κ1) is 19.3. The average Bonchev–Trinajstić information content (AvgIpc) is 2.61. The van der Waals surface area contributed by atoms with Gasteiger partial charge in [0.25, 0.3) is 10.0 Å². The van der Waals surface area contributed by atoms with Crippen LogP contribution in [0, 0.1) is 0 Å². The summed E-state index contributed by atoms with van der Waals surface area (Å²) in [6.45, 7) is 5.76. The summed E-state index contributed by atoms with van der Waals surface area (Å²) in [5, 5.41) is 14.1. The Morgan fingerprint density at radius 1 is 1.24 bits per heavy atom. The molecule has 0 aliphatic heterocycles. The lowest BCUT2D eigenvalue weighted by molar-refractivity contribution is 0.474. The van der Waals surface area contributed by atoms with Crippen molar-refractivity contribution in [3.8, 4) is 5.75 Å². The zero-order valence-electron chi connectivity index (χ0n) is 14.3. The first-order valence-electron chi connectivity index (χ1n) is 7.89. The molecule has 0 heterocycles. The lowest BCUT2D eigenvalue weighted by Crippen LogP contribution is -2.20. The van der Waals surface area contributed by atoms with E-state index in [1.54, 1.807) is 19.1 Å². The van der Waals surface area contributed by atoms with Crippen molar-refractivity contribution in [1.29, 1.82) is 0 Å². The van der Waals surface area contributed by atoms with Crippen LogP contribution in [0.3, 0.4) is 0 Å². The minimum Gasteiger partial charge on any atom is -0.507 e. The Labute approximate surface area is 153 Å². The Balaban J connectivity index is 2.22. The fraction of sp³-hybridized carbons (Fsp3) is 0.278. The van der Waals surface area contributed by atoms with Gasteiger partial charge in [0.05, 0.1) is 10.6 Å². The molecule has 1 unspecified atom stereocenters. The number of rotatable bonds is 6. The third kappa shape index (κ3) is 4.74. The minimum absolute atomic E-state index is 0.0252. The summed E-state index contributed by atoms with van der Waals surface area (Å²) in [6.07, 6.45) is 0.983. The van der Waals surface area contributed by atoms with Gasteiger partial charge in [0.2, 0.25) is 0 Å². The zero-order valence-corrected chi connectivity index (χ0v) is 15.9. The van der Waals surface area contributed by atoms with Gasteiger partial charge in [0, 0.05) is 10.6 Å². The smallest absolute Gasteiger partial charge is 0.276 e. The molecule has 134 valence electrons. The summed E-state index contributed by atoms with van der Waals surface area (Å²) in [5.41, 5.74) is 1.76. The van der Waals surface area contributed by atoms with Crippen LogP contribution in [-0.4, -0.2) is 19.2 Å². The van der Waals surface area contributed by atoms with Gasteiger partial charge in [-0.2, -0.15) is 18.4 Å². The van der Waals surface area contributed by atoms with E-state index in [0.717, 1.165) is 12.0 Å². The van der Waals surface area contributed by atoms with Crippen molar-refractivity contribution >= 4 is 27.3 Å². The van der Waals surface area contributed by atoms with Gasteiger partial charge in [0.15, 0.2) is 0 Å².